The standard InChI is InChI=1S/C20H23F2NO2/c1-5-25-16(24)10-15(23)18-19(21)13(4)9-14(20(18)22)17-11(2)7-6-8-12(17)3/h6-9,15H,5,10,23H2,1-4H3/t15-/m0/s1. The zero-order chi connectivity index (χ0) is 18.7. The first-order valence-electron chi connectivity index (χ1n) is 8.24. The number of hydrogen-bond donors (Lipinski definition) is 1. The molecule has 2 aromatic rings. The summed E-state index contributed by atoms with van der Waals surface area (Å²) < 4.78 is 34.6. The number of esters is 1. The highest BCUT2D eigenvalue weighted by Crippen LogP contribution is 2.35. The normalized spacial score (nSPS) is 12.1. The maximum atomic E-state index is 15.2. The van der Waals surface area contributed by atoms with E-state index >= 15 is 4.39 Å². The molecule has 0 saturated carbocycles. The van der Waals surface area contributed by atoms with Crippen LogP contribution in [0.15, 0.2) is 24.3 Å². The molecule has 0 saturated heterocycles. The van der Waals surface area contributed by atoms with E-state index in [0.717, 1.165) is 11.1 Å². The van der Waals surface area contributed by atoms with Crippen LogP contribution in [-0.4, -0.2) is 12.6 Å². The van der Waals surface area contributed by atoms with Gasteiger partial charge in [-0.05, 0) is 56.0 Å². The van der Waals surface area contributed by atoms with Crippen molar-refractivity contribution < 1.29 is 18.3 Å². The molecule has 0 bridgehead atoms. The van der Waals surface area contributed by atoms with Crippen molar-refractivity contribution in [3.05, 3.63) is 58.2 Å². The van der Waals surface area contributed by atoms with E-state index in [1.165, 1.54) is 6.07 Å². The Morgan fingerprint density at radius 3 is 2.28 bits per heavy atom. The smallest absolute Gasteiger partial charge is 0.307 e. The summed E-state index contributed by atoms with van der Waals surface area (Å²) >= 11 is 0. The first kappa shape index (κ1) is 19.1. The van der Waals surface area contributed by atoms with Gasteiger partial charge in [0.1, 0.15) is 11.6 Å². The molecule has 0 aliphatic carbocycles. The first-order valence-corrected chi connectivity index (χ1v) is 8.24. The summed E-state index contributed by atoms with van der Waals surface area (Å²) in [7, 11) is 0. The van der Waals surface area contributed by atoms with Crippen LogP contribution in [-0.2, 0) is 9.53 Å². The minimum atomic E-state index is -1.11. The molecule has 0 aliphatic rings. The van der Waals surface area contributed by atoms with Gasteiger partial charge in [0.15, 0.2) is 0 Å². The van der Waals surface area contributed by atoms with Gasteiger partial charge in [-0.2, -0.15) is 0 Å². The minimum absolute atomic E-state index is 0.192. The SMILES string of the molecule is CCOC(=O)C[C@H](N)c1c(F)c(C)cc(-c2c(C)cccc2C)c1F. The Morgan fingerprint density at radius 2 is 1.72 bits per heavy atom. The van der Waals surface area contributed by atoms with Crippen LogP contribution in [0.1, 0.15) is 41.6 Å². The van der Waals surface area contributed by atoms with Crippen molar-refractivity contribution in [1.29, 1.82) is 0 Å². The zero-order valence-corrected chi connectivity index (χ0v) is 15.0. The topological polar surface area (TPSA) is 52.3 Å². The third-order valence-electron chi connectivity index (χ3n) is 4.23. The van der Waals surface area contributed by atoms with Crippen LogP contribution in [0.25, 0.3) is 11.1 Å². The second-order valence-electron chi connectivity index (χ2n) is 6.17. The average molecular weight is 347 g/mol. The highest BCUT2D eigenvalue weighted by Gasteiger charge is 2.25. The third kappa shape index (κ3) is 3.87. The quantitative estimate of drug-likeness (QED) is 0.810. The van der Waals surface area contributed by atoms with Crippen molar-refractivity contribution in [2.24, 2.45) is 5.73 Å². The van der Waals surface area contributed by atoms with Crippen molar-refractivity contribution >= 4 is 5.97 Å². The van der Waals surface area contributed by atoms with Crippen LogP contribution in [0.3, 0.4) is 0 Å². The molecule has 5 heteroatoms. The molecule has 2 aromatic carbocycles. The summed E-state index contributed by atoms with van der Waals surface area (Å²) in [5.41, 5.74) is 8.73. The Morgan fingerprint density at radius 1 is 1.12 bits per heavy atom. The fourth-order valence-electron chi connectivity index (χ4n) is 3.05. The third-order valence-corrected chi connectivity index (χ3v) is 4.23. The van der Waals surface area contributed by atoms with Crippen LogP contribution in [0.5, 0.6) is 0 Å². The maximum Gasteiger partial charge on any atom is 0.307 e. The van der Waals surface area contributed by atoms with E-state index in [4.69, 9.17) is 10.5 Å². The summed E-state index contributed by atoms with van der Waals surface area (Å²) in [6.07, 6.45) is -0.280. The fourth-order valence-corrected chi connectivity index (χ4v) is 3.05. The fraction of sp³-hybridized carbons (Fsp3) is 0.350. The van der Waals surface area contributed by atoms with Crippen molar-refractivity contribution in [1.82, 2.24) is 0 Å². The van der Waals surface area contributed by atoms with Crippen LogP contribution in [0.4, 0.5) is 8.78 Å². The molecular weight excluding hydrogens is 324 g/mol. The van der Waals surface area contributed by atoms with Gasteiger partial charge in [-0.25, -0.2) is 8.78 Å². The highest BCUT2D eigenvalue weighted by molar-refractivity contribution is 5.74. The number of ether oxygens (including phenoxy) is 1. The lowest BCUT2D eigenvalue weighted by molar-refractivity contribution is -0.143. The van der Waals surface area contributed by atoms with Crippen LogP contribution < -0.4 is 5.73 Å². The number of carbonyl (C=O) groups is 1. The first-order chi connectivity index (χ1) is 11.8. The molecule has 0 aliphatic heterocycles. The monoisotopic (exact) mass is 347 g/mol. The summed E-state index contributed by atoms with van der Waals surface area (Å²) in [4.78, 5) is 11.7. The van der Waals surface area contributed by atoms with Gasteiger partial charge in [-0.3, -0.25) is 4.79 Å². The van der Waals surface area contributed by atoms with Crippen molar-refractivity contribution in [2.75, 3.05) is 6.61 Å². The van der Waals surface area contributed by atoms with Gasteiger partial charge in [0.05, 0.1) is 13.0 Å². The molecule has 1 atom stereocenters. The molecule has 2 N–H and O–H groups in total. The minimum Gasteiger partial charge on any atom is -0.466 e. The van der Waals surface area contributed by atoms with E-state index in [0.29, 0.717) is 11.1 Å². The van der Waals surface area contributed by atoms with E-state index in [9.17, 15) is 9.18 Å². The molecule has 0 heterocycles. The molecule has 0 fully saturated rings. The van der Waals surface area contributed by atoms with E-state index in [-0.39, 0.29) is 24.2 Å². The highest BCUT2D eigenvalue weighted by atomic mass is 19.1. The van der Waals surface area contributed by atoms with Gasteiger partial charge in [0.2, 0.25) is 0 Å². The zero-order valence-electron chi connectivity index (χ0n) is 15.0. The number of benzene rings is 2. The predicted molar refractivity (Wildman–Crippen MR) is 94.2 cm³/mol. The number of carbonyl (C=O) groups excluding carboxylic acids is 1. The van der Waals surface area contributed by atoms with E-state index in [2.05, 4.69) is 0 Å². The number of nitrogens with two attached hydrogens (primary N) is 1. The van der Waals surface area contributed by atoms with Crippen molar-refractivity contribution in [2.45, 2.75) is 40.2 Å². The lowest BCUT2D eigenvalue weighted by atomic mass is 9.90. The summed E-state index contributed by atoms with van der Waals surface area (Å²) in [5, 5.41) is 0. The second-order valence-corrected chi connectivity index (χ2v) is 6.17. The van der Waals surface area contributed by atoms with Crippen LogP contribution in [0, 0.1) is 32.4 Å². The van der Waals surface area contributed by atoms with Gasteiger partial charge in [-0.15, -0.1) is 0 Å². The number of hydrogen-bond acceptors (Lipinski definition) is 3. The summed E-state index contributed by atoms with van der Waals surface area (Å²) in [6, 6.07) is 6.01. The van der Waals surface area contributed by atoms with Gasteiger partial charge in [0, 0.05) is 17.2 Å². The molecule has 0 aromatic heterocycles. The van der Waals surface area contributed by atoms with Gasteiger partial charge in [-0.1, -0.05) is 18.2 Å². The number of aryl methyl sites for hydroxylation is 3. The van der Waals surface area contributed by atoms with E-state index in [1.54, 1.807) is 13.8 Å². The van der Waals surface area contributed by atoms with E-state index < -0.39 is 23.6 Å². The second kappa shape index (κ2) is 7.74. The van der Waals surface area contributed by atoms with Gasteiger partial charge in [0.25, 0.3) is 0 Å². The van der Waals surface area contributed by atoms with E-state index in [1.807, 2.05) is 32.0 Å². The van der Waals surface area contributed by atoms with Crippen LogP contribution >= 0.6 is 0 Å². The molecule has 0 radical (unpaired) electrons. The maximum absolute atomic E-state index is 15.2. The molecule has 0 unspecified atom stereocenters. The Kier molecular flexibility index (Phi) is 5.90. The molecule has 25 heavy (non-hydrogen) atoms. The molecular formula is C20H23F2NO2. The van der Waals surface area contributed by atoms with Crippen LogP contribution in [0.2, 0.25) is 0 Å². The molecule has 2 rings (SSSR count). The lowest BCUT2D eigenvalue weighted by Gasteiger charge is -2.19. The largest absolute Gasteiger partial charge is 0.466 e. The summed E-state index contributed by atoms with van der Waals surface area (Å²) in [5.74, 6) is -2.02. The number of rotatable bonds is 5. The molecule has 134 valence electrons. The summed E-state index contributed by atoms with van der Waals surface area (Å²) in [6.45, 7) is 7.16. The Hall–Kier alpha value is -2.27. The van der Waals surface area contributed by atoms with Crippen molar-refractivity contribution in [3.63, 3.8) is 0 Å². The van der Waals surface area contributed by atoms with Gasteiger partial charge < -0.3 is 10.5 Å². The molecule has 3 nitrogen and oxygen atoms in total. The number of halogens is 2. The van der Waals surface area contributed by atoms with Crippen molar-refractivity contribution in [3.8, 4) is 11.1 Å². The Bertz CT molecular complexity index is 783. The Labute approximate surface area is 146 Å². The Balaban J connectivity index is 2.59. The van der Waals surface area contributed by atoms with Gasteiger partial charge >= 0.3 is 5.97 Å². The predicted octanol–water partition coefficient (Wildman–Crippen LogP) is 4.51. The molecule has 0 spiro atoms. The lowest BCUT2D eigenvalue weighted by Crippen LogP contribution is -2.20. The molecule has 0 amide bonds. The average Bonchev–Trinajstić information content (AvgIpc) is 2.52.